The molecule has 3 heterocycles. The first-order valence-electron chi connectivity index (χ1n) is 6.73. The Hall–Kier alpha value is -1.44. The zero-order valence-electron chi connectivity index (χ0n) is 11.1. The zero-order chi connectivity index (χ0) is 14.1. The summed E-state index contributed by atoms with van der Waals surface area (Å²) in [7, 11) is 0. The van der Waals surface area contributed by atoms with Crippen LogP contribution in [0.3, 0.4) is 0 Å². The van der Waals surface area contributed by atoms with Crippen LogP contribution >= 0.6 is 11.3 Å². The Bertz CT molecular complexity index is 518. The lowest BCUT2D eigenvalue weighted by molar-refractivity contribution is -0.117. The highest BCUT2D eigenvalue weighted by Crippen LogP contribution is 2.26. The van der Waals surface area contributed by atoms with Gasteiger partial charge in [-0.05, 0) is 36.4 Å². The van der Waals surface area contributed by atoms with E-state index in [0.29, 0.717) is 28.9 Å². The van der Waals surface area contributed by atoms with Crippen LogP contribution in [0.2, 0.25) is 0 Å². The third kappa shape index (κ3) is 2.70. The predicted octanol–water partition coefficient (Wildman–Crippen LogP) is -0.0633. The maximum absolute atomic E-state index is 12.0. The number of primary amides is 1. The number of fused-ring (bicyclic) bond motifs is 1. The molecule has 6 nitrogen and oxygen atoms in total. The molecular weight excluding hydrogens is 276 g/mol. The van der Waals surface area contributed by atoms with E-state index >= 15 is 0 Å². The summed E-state index contributed by atoms with van der Waals surface area (Å²) in [5.41, 5.74) is 5.64. The maximum Gasteiger partial charge on any atom is 0.251 e. The number of amides is 2. The van der Waals surface area contributed by atoms with Crippen molar-refractivity contribution in [2.24, 2.45) is 17.6 Å². The van der Waals surface area contributed by atoms with E-state index < -0.39 is 5.91 Å². The number of nitrogens with one attached hydrogen (secondary N) is 2. The largest absolute Gasteiger partial charge is 0.366 e. The lowest BCUT2D eigenvalue weighted by Crippen LogP contribution is -2.34. The van der Waals surface area contributed by atoms with Crippen LogP contribution in [-0.4, -0.2) is 49.4 Å². The van der Waals surface area contributed by atoms with Gasteiger partial charge in [-0.2, -0.15) is 0 Å². The number of anilines is 1. The second kappa shape index (κ2) is 5.51. The molecular formula is C13H18N4O2S. The number of thiophene rings is 1. The molecule has 4 N–H and O–H groups in total. The summed E-state index contributed by atoms with van der Waals surface area (Å²) >= 11 is 1.32. The van der Waals surface area contributed by atoms with Gasteiger partial charge < -0.3 is 16.4 Å². The number of nitrogens with zero attached hydrogens (tertiary/aromatic N) is 1. The average molecular weight is 294 g/mol. The molecule has 2 saturated heterocycles. The molecule has 1 aromatic rings. The number of nitrogens with two attached hydrogens (primary N) is 1. The Kier molecular flexibility index (Phi) is 3.73. The lowest BCUT2D eigenvalue weighted by atomic mass is 10.0. The van der Waals surface area contributed by atoms with Crippen molar-refractivity contribution in [1.29, 1.82) is 0 Å². The fraction of sp³-hybridized carbons (Fsp3) is 0.538. The number of carbonyl (C=O) groups excluding carboxylic acids is 2. The van der Waals surface area contributed by atoms with Crippen molar-refractivity contribution < 1.29 is 9.59 Å². The van der Waals surface area contributed by atoms with Gasteiger partial charge in [-0.25, -0.2) is 0 Å². The van der Waals surface area contributed by atoms with E-state index in [1.54, 1.807) is 11.4 Å². The SMILES string of the molecule is NC(=O)c1ccsc1NC(=O)CN1CC2CNCC2C1. The molecule has 2 aliphatic rings. The van der Waals surface area contributed by atoms with Gasteiger partial charge in [0.1, 0.15) is 5.00 Å². The van der Waals surface area contributed by atoms with Crippen molar-refractivity contribution in [3.8, 4) is 0 Å². The third-order valence-corrected chi connectivity index (χ3v) is 4.85. The van der Waals surface area contributed by atoms with Crippen molar-refractivity contribution in [3.05, 3.63) is 17.0 Å². The molecule has 20 heavy (non-hydrogen) atoms. The Labute approximate surface area is 121 Å². The van der Waals surface area contributed by atoms with Crippen LogP contribution in [0.5, 0.6) is 0 Å². The first-order valence-corrected chi connectivity index (χ1v) is 7.61. The van der Waals surface area contributed by atoms with Crippen LogP contribution in [0.1, 0.15) is 10.4 Å². The normalized spacial score (nSPS) is 25.6. The van der Waals surface area contributed by atoms with Crippen molar-refractivity contribution in [3.63, 3.8) is 0 Å². The van der Waals surface area contributed by atoms with Crippen molar-refractivity contribution in [1.82, 2.24) is 10.2 Å². The summed E-state index contributed by atoms with van der Waals surface area (Å²) in [4.78, 5) is 25.4. The van der Waals surface area contributed by atoms with Gasteiger partial charge in [0.25, 0.3) is 5.91 Å². The van der Waals surface area contributed by atoms with Gasteiger partial charge in [0.2, 0.25) is 5.91 Å². The highest BCUT2D eigenvalue weighted by molar-refractivity contribution is 7.14. The quantitative estimate of drug-likeness (QED) is 0.726. The lowest BCUT2D eigenvalue weighted by Gasteiger charge is -2.16. The molecule has 0 radical (unpaired) electrons. The summed E-state index contributed by atoms with van der Waals surface area (Å²) in [6.07, 6.45) is 0. The molecule has 2 unspecified atom stereocenters. The van der Waals surface area contributed by atoms with Crippen molar-refractivity contribution in [2.75, 3.05) is 38.0 Å². The number of hydrogen-bond donors (Lipinski definition) is 3. The fourth-order valence-corrected chi connectivity index (χ4v) is 3.86. The molecule has 0 aromatic carbocycles. The van der Waals surface area contributed by atoms with Gasteiger partial charge in [0.05, 0.1) is 12.1 Å². The molecule has 0 aliphatic carbocycles. The Morgan fingerprint density at radius 2 is 2.10 bits per heavy atom. The monoisotopic (exact) mass is 294 g/mol. The number of hydrogen-bond acceptors (Lipinski definition) is 5. The molecule has 2 atom stereocenters. The molecule has 2 aliphatic heterocycles. The standard InChI is InChI=1S/C13H18N4O2S/c14-12(19)10-1-2-20-13(10)16-11(18)7-17-5-8-3-15-4-9(8)6-17/h1-2,8-9,15H,3-7H2,(H2,14,19)(H,16,18). The maximum atomic E-state index is 12.0. The molecule has 0 saturated carbocycles. The Morgan fingerprint density at radius 3 is 2.75 bits per heavy atom. The number of carbonyl (C=O) groups is 2. The van der Waals surface area contributed by atoms with E-state index in [-0.39, 0.29) is 5.91 Å². The Morgan fingerprint density at radius 1 is 1.40 bits per heavy atom. The van der Waals surface area contributed by atoms with E-state index in [4.69, 9.17) is 5.73 Å². The molecule has 3 rings (SSSR count). The van der Waals surface area contributed by atoms with Crippen LogP contribution in [-0.2, 0) is 4.79 Å². The van der Waals surface area contributed by atoms with Gasteiger partial charge in [0.15, 0.2) is 0 Å². The first-order chi connectivity index (χ1) is 9.63. The summed E-state index contributed by atoms with van der Waals surface area (Å²) in [5.74, 6) is 0.752. The minimum atomic E-state index is -0.511. The summed E-state index contributed by atoms with van der Waals surface area (Å²) in [5, 5.41) is 8.46. The fourth-order valence-electron chi connectivity index (χ4n) is 3.05. The summed E-state index contributed by atoms with van der Waals surface area (Å²) < 4.78 is 0. The van der Waals surface area contributed by atoms with Gasteiger partial charge in [-0.1, -0.05) is 0 Å². The summed E-state index contributed by atoms with van der Waals surface area (Å²) in [6, 6.07) is 1.63. The topological polar surface area (TPSA) is 87.5 Å². The van der Waals surface area contributed by atoms with Crippen molar-refractivity contribution >= 4 is 28.2 Å². The highest BCUT2D eigenvalue weighted by Gasteiger charge is 2.36. The zero-order valence-corrected chi connectivity index (χ0v) is 11.9. The predicted molar refractivity (Wildman–Crippen MR) is 77.8 cm³/mol. The minimum absolute atomic E-state index is 0.0807. The third-order valence-electron chi connectivity index (χ3n) is 4.02. The van der Waals surface area contributed by atoms with E-state index in [9.17, 15) is 9.59 Å². The van der Waals surface area contributed by atoms with Gasteiger partial charge >= 0.3 is 0 Å². The van der Waals surface area contributed by atoms with E-state index in [1.165, 1.54) is 11.3 Å². The number of likely N-dealkylation sites (tertiary alicyclic amines) is 1. The Balaban J connectivity index is 1.55. The second-order valence-corrected chi connectivity index (χ2v) is 6.36. The van der Waals surface area contributed by atoms with Crippen LogP contribution in [0, 0.1) is 11.8 Å². The van der Waals surface area contributed by atoms with Crippen LogP contribution in [0.4, 0.5) is 5.00 Å². The van der Waals surface area contributed by atoms with Crippen molar-refractivity contribution in [2.45, 2.75) is 0 Å². The van der Waals surface area contributed by atoms with E-state index in [1.807, 2.05) is 0 Å². The second-order valence-electron chi connectivity index (χ2n) is 5.45. The molecule has 1 aromatic heterocycles. The number of rotatable bonds is 4. The average Bonchev–Trinajstić information content (AvgIpc) is 3.03. The van der Waals surface area contributed by atoms with Crippen LogP contribution < -0.4 is 16.4 Å². The van der Waals surface area contributed by atoms with Crippen LogP contribution in [0.15, 0.2) is 11.4 Å². The molecule has 2 fully saturated rings. The first kappa shape index (κ1) is 13.5. The van der Waals surface area contributed by atoms with E-state index in [2.05, 4.69) is 15.5 Å². The molecule has 0 bridgehead atoms. The molecule has 7 heteroatoms. The van der Waals surface area contributed by atoms with Gasteiger partial charge in [-0.3, -0.25) is 14.5 Å². The molecule has 108 valence electrons. The van der Waals surface area contributed by atoms with E-state index in [0.717, 1.165) is 26.2 Å². The minimum Gasteiger partial charge on any atom is -0.366 e. The van der Waals surface area contributed by atoms with Gasteiger partial charge in [0, 0.05) is 13.1 Å². The smallest absolute Gasteiger partial charge is 0.251 e. The highest BCUT2D eigenvalue weighted by atomic mass is 32.1. The molecule has 2 amide bonds. The van der Waals surface area contributed by atoms with Crippen LogP contribution in [0.25, 0.3) is 0 Å². The summed E-state index contributed by atoms with van der Waals surface area (Å²) in [6.45, 7) is 4.43. The molecule has 0 spiro atoms. The van der Waals surface area contributed by atoms with Gasteiger partial charge in [-0.15, -0.1) is 11.3 Å².